The van der Waals surface area contributed by atoms with E-state index in [2.05, 4.69) is 17.1 Å². The highest BCUT2D eigenvalue weighted by Gasteiger charge is 2.14. The van der Waals surface area contributed by atoms with Gasteiger partial charge in [0, 0.05) is 32.2 Å². The Morgan fingerprint density at radius 1 is 1.39 bits per heavy atom. The van der Waals surface area contributed by atoms with Crippen molar-refractivity contribution in [2.24, 2.45) is 0 Å². The Hall–Kier alpha value is -1.01. The Kier molecular flexibility index (Phi) is 11.0. The molecule has 2 rings (SSSR count). The van der Waals surface area contributed by atoms with Gasteiger partial charge in [0.05, 0.1) is 19.3 Å². The van der Waals surface area contributed by atoms with Crippen molar-refractivity contribution in [1.82, 2.24) is 10.2 Å². The lowest BCUT2D eigenvalue weighted by atomic mass is 10.2. The molecule has 132 valence electrons. The third-order valence-electron chi connectivity index (χ3n) is 3.60. The van der Waals surface area contributed by atoms with E-state index >= 15 is 0 Å². The molecule has 1 aromatic rings. The first-order valence-corrected chi connectivity index (χ1v) is 7.46. The maximum atomic E-state index is 11.4. The smallest absolute Gasteiger partial charge is 0.337 e. The number of hydrogen-bond acceptors (Lipinski definition) is 5. The van der Waals surface area contributed by atoms with Crippen molar-refractivity contribution < 1.29 is 14.3 Å². The predicted molar refractivity (Wildman–Crippen MR) is 96.3 cm³/mol. The van der Waals surface area contributed by atoms with Crippen LogP contribution in [0.1, 0.15) is 23.7 Å². The number of nitrogens with one attached hydrogen (secondary N) is 1. The van der Waals surface area contributed by atoms with Crippen molar-refractivity contribution in [3.63, 3.8) is 0 Å². The molecule has 0 aliphatic carbocycles. The molecule has 0 aromatic heterocycles. The summed E-state index contributed by atoms with van der Waals surface area (Å²) < 4.78 is 10.4. The Balaban J connectivity index is 0.00000242. The highest BCUT2D eigenvalue weighted by atomic mass is 35.5. The van der Waals surface area contributed by atoms with Crippen LogP contribution in [0.2, 0.25) is 0 Å². The summed E-state index contributed by atoms with van der Waals surface area (Å²) in [7, 11) is 1.38. The SMILES string of the molecule is COC(=O)c1cccc(OCCCN2CCNC(C)C2)c1.Cl.Cl. The average Bonchev–Trinajstić information content (AvgIpc) is 2.51. The normalized spacial score (nSPS) is 17.6. The molecule has 0 bridgehead atoms. The van der Waals surface area contributed by atoms with E-state index in [1.807, 2.05) is 6.07 Å². The molecule has 1 saturated heterocycles. The zero-order valence-corrected chi connectivity index (χ0v) is 15.3. The first-order valence-electron chi connectivity index (χ1n) is 7.46. The number of methoxy groups -OCH3 is 1. The zero-order chi connectivity index (χ0) is 15.1. The Morgan fingerprint density at radius 2 is 2.17 bits per heavy atom. The van der Waals surface area contributed by atoms with Crippen LogP contribution in [0.3, 0.4) is 0 Å². The first-order chi connectivity index (χ1) is 10.2. The molecule has 1 aliphatic rings. The lowest BCUT2D eigenvalue weighted by molar-refractivity contribution is 0.0600. The fourth-order valence-corrected chi connectivity index (χ4v) is 2.52. The summed E-state index contributed by atoms with van der Waals surface area (Å²) in [6, 6.07) is 7.68. The number of hydrogen-bond donors (Lipinski definition) is 1. The molecule has 1 heterocycles. The Bertz CT molecular complexity index is 474. The Labute approximate surface area is 150 Å². The molecule has 0 amide bonds. The van der Waals surface area contributed by atoms with E-state index in [9.17, 15) is 4.79 Å². The maximum absolute atomic E-state index is 11.4. The van der Waals surface area contributed by atoms with E-state index in [4.69, 9.17) is 9.47 Å². The largest absolute Gasteiger partial charge is 0.494 e. The summed E-state index contributed by atoms with van der Waals surface area (Å²) in [5.74, 6) is 0.377. The van der Waals surface area contributed by atoms with Gasteiger partial charge in [0.25, 0.3) is 0 Å². The van der Waals surface area contributed by atoms with Gasteiger partial charge in [-0.25, -0.2) is 4.79 Å². The molecule has 1 N–H and O–H groups in total. The van der Waals surface area contributed by atoms with Crippen molar-refractivity contribution >= 4 is 30.8 Å². The second kappa shape index (κ2) is 11.5. The average molecular weight is 365 g/mol. The summed E-state index contributed by atoms with van der Waals surface area (Å²) in [4.78, 5) is 13.9. The topological polar surface area (TPSA) is 50.8 Å². The van der Waals surface area contributed by atoms with Crippen LogP contribution < -0.4 is 10.1 Å². The molecule has 1 aromatic carbocycles. The molecule has 1 fully saturated rings. The molecule has 1 unspecified atom stereocenters. The molecular formula is C16H26Cl2N2O3. The molecular weight excluding hydrogens is 339 g/mol. The third kappa shape index (κ3) is 7.40. The summed E-state index contributed by atoms with van der Waals surface area (Å²) in [5, 5.41) is 3.43. The number of carbonyl (C=O) groups excluding carboxylic acids is 1. The van der Waals surface area contributed by atoms with Crippen molar-refractivity contribution in [2.45, 2.75) is 19.4 Å². The van der Waals surface area contributed by atoms with E-state index in [1.165, 1.54) is 7.11 Å². The minimum Gasteiger partial charge on any atom is -0.494 e. The minimum absolute atomic E-state index is 0. The van der Waals surface area contributed by atoms with E-state index in [0.717, 1.165) is 32.6 Å². The van der Waals surface area contributed by atoms with Crippen molar-refractivity contribution in [3.8, 4) is 5.75 Å². The molecule has 0 radical (unpaired) electrons. The monoisotopic (exact) mass is 364 g/mol. The molecule has 0 saturated carbocycles. The number of piperazine rings is 1. The van der Waals surface area contributed by atoms with Gasteiger partial charge in [-0.3, -0.25) is 0 Å². The highest BCUT2D eigenvalue weighted by Crippen LogP contribution is 2.14. The molecule has 0 spiro atoms. The van der Waals surface area contributed by atoms with Crippen LogP contribution in [0.4, 0.5) is 0 Å². The van der Waals surface area contributed by atoms with Crippen LogP contribution >= 0.6 is 24.8 Å². The lowest BCUT2D eigenvalue weighted by Crippen LogP contribution is -2.49. The van der Waals surface area contributed by atoms with Crippen LogP contribution in [0.5, 0.6) is 5.75 Å². The third-order valence-corrected chi connectivity index (χ3v) is 3.60. The quantitative estimate of drug-likeness (QED) is 0.620. The van der Waals surface area contributed by atoms with Crippen LogP contribution in [0.15, 0.2) is 24.3 Å². The van der Waals surface area contributed by atoms with E-state index in [1.54, 1.807) is 18.2 Å². The Morgan fingerprint density at radius 3 is 2.87 bits per heavy atom. The van der Waals surface area contributed by atoms with E-state index in [-0.39, 0.29) is 30.8 Å². The van der Waals surface area contributed by atoms with Crippen molar-refractivity contribution in [3.05, 3.63) is 29.8 Å². The maximum Gasteiger partial charge on any atom is 0.337 e. The fraction of sp³-hybridized carbons (Fsp3) is 0.562. The van der Waals surface area contributed by atoms with E-state index < -0.39 is 0 Å². The van der Waals surface area contributed by atoms with Gasteiger partial charge >= 0.3 is 5.97 Å². The predicted octanol–water partition coefficient (Wildman–Crippen LogP) is 2.38. The summed E-state index contributed by atoms with van der Waals surface area (Å²) in [6.45, 7) is 7.16. The van der Waals surface area contributed by atoms with E-state index in [0.29, 0.717) is 24.0 Å². The van der Waals surface area contributed by atoms with Crippen molar-refractivity contribution in [2.75, 3.05) is 39.9 Å². The molecule has 23 heavy (non-hydrogen) atoms. The number of nitrogens with zero attached hydrogens (tertiary/aromatic N) is 1. The number of benzene rings is 1. The second-order valence-electron chi connectivity index (χ2n) is 5.38. The number of esters is 1. The molecule has 1 atom stereocenters. The first kappa shape index (κ1) is 22.0. The fourth-order valence-electron chi connectivity index (χ4n) is 2.52. The van der Waals surface area contributed by atoms with Crippen LogP contribution in [-0.2, 0) is 4.74 Å². The zero-order valence-electron chi connectivity index (χ0n) is 13.6. The lowest BCUT2D eigenvalue weighted by Gasteiger charge is -2.31. The van der Waals surface area contributed by atoms with Crippen LogP contribution in [0.25, 0.3) is 0 Å². The number of rotatable bonds is 6. The number of carbonyl (C=O) groups is 1. The minimum atomic E-state index is -0.338. The highest BCUT2D eigenvalue weighted by molar-refractivity contribution is 5.89. The summed E-state index contributed by atoms with van der Waals surface area (Å²) in [5.41, 5.74) is 0.519. The standard InChI is InChI=1S/C16H24N2O3.2ClH/c1-13-12-18(9-7-17-13)8-4-10-21-15-6-3-5-14(11-15)16(19)20-2;;/h3,5-6,11,13,17H,4,7-10,12H2,1-2H3;2*1H. The summed E-state index contributed by atoms with van der Waals surface area (Å²) >= 11 is 0. The van der Waals surface area contributed by atoms with Gasteiger partial charge in [0.15, 0.2) is 0 Å². The number of halogens is 2. The summed E-state index contributed by atoms with van der Waals surface area (Å²) in [6.07, 6.45) is 0.981. The van der Waals surface area contributed by atoms with Gasteiger partial charge in [-0.1, -0.05) is 6.07 Å². The van der Waals surface area contributed by atoms with Gasteiger partial charge in [0.1, 0.15) is 5.75 Å². The van der Waals surface area contributed by atoms with Gasteiger partial charge in [-0.05, 0) is 31.5 Å². The molecule has 7 heteroatoms. The van der Waals surface area contributed by atoms with Crippen LogP contribution in [0, 0.1) is 0 Å². The van der Waals surface area contributed by atoms with Gasteiger partial charge in [0.2, 0.25) is 0 Å². The van der Waals surface area contributed by atoms with Gasteiger partial charge in [-0.2, -0.15) is 0 Å². The van der Waals surface area contributed by atoms with Crippen LogP contribution in [-0.4, -0.2) is 56.8 Å². The van der Waals surface area contributed by atoms with Crippen molar-refractivity contribution in [1.29, 1.82) is 0 Å². The van der Waals surface area contributed by atoms with Gasteiger partial charge < -0.3 is 19.7 Å². The number of ether oxygens (including phenoxy) is 2. The van der Waals surface area contributed by atoms with Gasteiger partial charge in [-0.15, -0.1) is 24.8 Å². The molecule has 5 nitrogen and oxygen atoms in total. The molecule has 1 aliphatic heterocycles. The second-order valence-corrected chi connectivity index (χ2v) is 5.38.